The second-order valence-corrected chi connectivity index (χ2v) is 18.9. The lowest BCUT2D eigenvalue weighted by Crippen LogP contribution is -2.56. The topological polar surface area (TPSA) is 18.5 Å². The van der Waals surface area contributed by atoms with Crippen molar-refractivity contribution in [3.63, 3.8) is 0 Å². The Kier molecular flexibility index (Phi) is 5.61. The molecule has 0 fully saturated rings. The molecule has 0 bridgehead atoms. The first-order valence-electron chi connectivity index (χ1n) is 7.50. The molecule has 0 aliphatic carbocycles. The van der Waals surface area contributed by atoms with E-state index in [0.29, 0.717) is 0 Å². The van der Waals surface area contributed by atoms with Crippen LogP contribution >= 0.6 is 0 Å². The molecule has 0 aliphatic rings. The van der Waals surface area contributed by atoms with Crippen molar-refractivity contribution in [2.75, 3.05) is 0 Å². The molecule has 0 unspecified atom stereocenters. The summed E-state index contributed by atoms with van der Waals surface area (Å²) in [6, 6.07) is 6.74. The number of hydrogen-bond donors (Lipinski definition) is 0. The predicted octanol–water partition coefficient (Wildman–Crippen LogP) is 4.38. The van der Waals surface area contributed by atoms with E-state index in [-0.39, 0.29) is 0 Å². The van der Waals surface area contributed by atoms with E-state index in [9.17, 15) is 0 Å². The molecule has 21 heavy (non-hydrogen) atoms. The fourth-order valence-corrected chi connectivity index (χ4v) is 15.2. The summed E-state index contributed by atoms with van der Waals surface area (Å²) in [7, 11) is -5.94. The Hall–Kier alpha value is -0.469. The second kappa shape index (κ2) is 6.34. The molecule has 0 aliphatic heterocycles. The number of hydrogen-bond acceptors (Lipinski definition) is 2. The SMILES string of the molecule is C=C[Si](C)(C)O[Si](C)(C)O[Si](C)(C)c1cc(C)cc(C)c1. The summed E-state index contributed by atoms with van der Waals surface area (Å²) in [5.74, 6) is 0. The van der Waals surface area contributed by atoms with Crippen LogP contribution < -0.4 is 5.19 Å². The van der Waals surface area contributed by atoms with Gasteiger partial charge in [0.1, 0.15) is 0 Å². The zero-order chi connectivity index (χ0) is 16.5. The van der Waals surface area contributed by atoms with Gasteiger partial charge in [-0.25, -0.2) is 0 Å². The van der Waals surface area contributed by atoms with Gasteiger partial charge < -0.3 is 8.23 Å². The number of benzene rings is 1. The lowest BCUT2D eigenvalue weighted by Gasteiger charge is -2.38. The van der Waals surface area contributed by atoms with Gasteiger partial charge in [0.05, 0.1) is 0 Å². The first-order chi connectivity index (χ1) is 9.37. The standard InChI is InChI=1S/C16H30O2Si3/c1-10-19(4,5)17-21(8,9)18-20(6,7)16-12-14(2)11-15(3)13-16/h10-13H,1H2,2-9H3. The highest BCUT2D eigenvalue weighted by Gasteiger charge is 2.39. The Morgan fingerprint density at radius 3 is 1.76 bits per heavy atom. The van der Waals surface area contributed by atoms with Crippen LogP contribution in [0.25, 0.3) is 0 Å². The molecule has 0 heterocycles. The minimum Gasteiger partial charge on any atom is -0.433 e. The number of rotatable bonds is 6. The highest BCUT2D eigenvalue weighted by molar-refractivity contribution is 6.93. The van der Waals surface area contributed by atoms with E-state index in [4.69, 9.17) is 8.23 Å². The summed E-state index contributed by atoms with van der Waals surface area (Å²) in [6.07, 6.45) is 0. The molecule has 118 valence electrons. The fourth-order valence-electron chi connectivity index (χ4n) is 2.69. The van der Waals surface area contributed by atoms with Crippen LogP contribution in [0.4, 0.5) is 0 Å². The third-order valence-electron chi connectivity index (χ3n) is 3.42. The molecule has 0 saturated carbocycles. The Labute approximate surface area is 133 Å². The highest BCUT2D eigenvalue weighted by Crippen LogP contribution is 2.21. The van der Waals surface area contributed by atoms with E-state index in [0.717, 1.165) is 0 Å². The summed E-state index contributed by atoms with van der Waals surface area (Å²) < 4.78 is 13.0. The largest absolute Gasteiger partial charge is 0.433 e. The maximum Gasteiger partial charge on any atom is 0.311 e. The molecule has 0 radical (unpaired) electrons. The Morgan fingerprint density at radius 2 is 1.33 bits per heavy atom. The summed E-state index contributed by atoms with van der Waals surface area (Å²) >= 11 is 0. The molecule has 0 saturated heterocycles. The van der Waals surface area contributed by atoms with Gasteiger partial charge in [-0.3, -0.25) is 0 Å². The van der Waals surface area contributed by atoms with Gasteiger partial charge in [-0.2, -0.15) is 0 Å². The molecule has 1 aromatic rings. The Bertz CT molecular complexity index is 502. The normalized spacial score (nSPS) is 13.3. The lowest BCUT2D eigenvalue weighted by atomic mass is 10.2. The molecule has 1 aromatic carbocycles. The van der Waals surface area contributed by atoms with Gasteiger partial charge >= 0.3 is 8.56 Å². The van der Waals surface area contributed by atoms with E-state index in [1.807, 2.05) is 5.70 Å². The van der Waals surface area contributed by atoms with Gasteiger partial charge in [0.15, 0.2) is 8.32 Å². The summed E-state index contributed by atoms with van der Waals surface area (Å²) in [4.78, 5) is 0. The van der Waals surface area contributed by atoms with Crippen molar-refractivity contribution in [2.45, 2.75) is 53.1 Å². The molecular weight excluding hydrogens is 308 g/mol. The van der Waals surface area contributed by atoms with Gasteiger partial charge in [-0.1, -0.05) is 35.0 Å². The van der Waals surface area contributed by atoms with Gasteiger partial charge in [-0.15, -0.1) is 6.58 Å². The molecule has 0 amide bonds. The zero-order valence-corrected chi connectivity index (χ0v) is 17.8. The van der Waals surface area contributed by atoms with Crippen molar-refractivity contribution in [2.24, 2.45) is 0 Å². The third-order valence-corrected chi connectivity index (χ3v) is 14.2. The van der Waals surface area contributed by atoms with Gasteiger partial charge in [0.2, 0.25) is 8.32 Å². The van der Waals surface area contributed by atoms with Crippen LogP contribution in [-0.4, -0.2) is 25.2 Å². The molecule has 2 nitrogen and oxygen atoms in total. The minimum absolute atomic E-state index is 1.30. The molecule has 1 rings (SSSR count). The lowest BCUT2D eigenvalue weighted by molar-refractivity contribution is 0.400. The molecule has 0 N–H and O–H groups in total. The van der Waals surface area contributed by atoms with Crippen LogP contribution in [0, 0.1) is 13.8 Å². The van der Waals surface area contributed by atoms with Crippen LogP contribution in [0.3, 0.4) is 0 Å². The highest BCUT2D eigenvalue weighted by atomic mass is 28.5. The average molecular weight is 339 g/mol. The first-order valence-corrected chi connectivity index (χ1v) is 16.2. The van der Waals surface area contributed by atoms with Crippen molar-refractivity contribution < 1.29 is 8.23 Å². The van der Waals surface area contributed by atoms with Crippen molar-refractivity contribution in [1.82, 2.24) is 0 Å². The summed E-state index contributed by atoms with van der Waals surface area (Å²) in [6.45, 7) is 21.4. The fraction of sp³-hybridized carbons (Fsp3) is 0.500. The van der Waals surface area contributed by atoms with E-state index in [1.54, 1.807) is 0 Å². The van der Waals surface area contributed by atoms with Crippen molar-refractivity contribution in [1.29, 1.82) is 0 Å². The Morgan fingerprint density at radius 1 is 0.857 bits per heavy atom. The van der Waals surface area contributed by atoms with E-state index in [1.165, 1.54) is 16.3 Å². The van der Waals surface area contributed by atoms with Crippen molar-refractivity contribution in [3.8, 4) is 0 Å². The first kappa shape index (κ1) is 18.6. The molecule has 0 atom stereocenters. The quantitative estimate of drug-likeness (QED) is 0.717. The maximum atomic E-state index is 6.60. The predicted molar refractivity (Wildman–Crippen MR) is 100 cm³/mol. The van der Waals surface area contributed by atoms with Crippen LogP contribution in [0.2, 0.25) is 39.3 Å². The zero-order valence-electron chi connectivity index (χ0n) is 14.8. The van der Waals surface area contributed by atoms with Crippen LogP contribution in [-0.2, 0) is 8.23 Å². The smallest absolute Gasteiger partial charge is 0.311 e. The van der Waals surface area contributed by atoms with Gasteiger partial charge in [-0.05, 0) is 58.3 Å². The van der Waals surface area contributed by atoms with Crippen LogP contribution in [0.15, 0.2) is 30.5 Å². The van der Waals surface area contributed by atoms with E-state index < -0.39 is 25.2 Å². The van der Waals surface area contributed by atoms with E-state index in [2.05, 4.69) is 77.9 Å². The minimum atomic E-state index is -2.16. The summed E-state index contributed by atoms with van der Waals surface area (Å²) in [5.41, 5.74) is 4.59. The van der Waals surface area contributed by atoms with E-state index >= 15 is 0 Å². The molecule has 0 spiro atoms. The van der Waals surface area contributed by atoms with Gasteiger partial charge in [0.25, 0.3) is 0 Å². The monoisotopic (exact) mass is 338 g/mol. The van der Waals surface area contributed by atoms with Crippen LogP contribution in [0.1, 0.15) is 11.1 Å². The molecule has 0 aromatic heterocycles. The summed E-state index contributed by atoms with van der Waals surface area (Å²) in [5, 5.41) is 1.35. The molecule has 5 heteroatoms. The number of aryl methyl sites for hydroxylation is 2. The van der Waals surface area contributed by atoms with Crippen molar-refractivity contribution >= 4 is 30.4 Å². The van der Waals surface area contributed by atoms with Crippen LogP contribution in [0.5, 0.6) is 0 Å². The van der Waals surface area contributed by atoms with Gasteiger partial charge in [0, 0.05) is 0 Å². The third kappa shape index (κ3) is 5.67. The Balaban J connectivity index is 3.00. The average Bonchev–Trinajstić information content (AvgIpc) is 2.24. The maximum absolute atomic E-state index is 6.60. The molecular formula is C16H30O2Si3. The second-order valence-electron chi connectivity index (χ2n) is 7.30. The van der Waals surface area contributed by atoms with Crippen molar-refractivity contribution in [3.05, 3.63) is 41.6 Å².